The monoisotopic (exact) mass is 730 g/mol. The molecule has 3 aliphatic rings. The quantitative estimate of drug-likeness (QED) is 0.181. The number of benzene rings is 7. The Kier molecular flexibility index (Phi) is 6.77. The Hall–Kier alpha value is -7.04. The van der Waals surface area contributed by atoms with Crippen LogP contribution in [0.3, 0.4) is 0 Å². The summed E-state index contributed by atoms with van der Waals surface area (Å²) >= 11 is 0. The zero-order chi connectivity index (χ0) is 37.8. The van der Waals surface area contributed by atoms with Crippen LogP contribution in [0.4, 0.5) is 11.4 Å². The standard InChI is InChI=1S/C53H38N4/c1-53(2)43-22-12-9-20-39(43)49-44(53)28-27-38-42-31-34(33-15-5-3-6-16-33)25-29-48(42)57(51(38)49)52-54-45-23-13-10-21-40(45)50(55-52)35-26-30-47-41(32-35)37-19-11-14-24-46(37)56(47)36-17-7-4-8-18-36/h3-32,37,46H,1-2H3. The highest BCUT2D eigenvalue weighted by molar-refractivity contribution is 6.16. The molecule has 0 spiro atoms. The van der Waals surface area contributed by atoms with Gasteiger partial charge in [-0.25, -0.2) is 9.97 Å². The molecule has 0 saturated heterocycles. The smallest absolute Gasteiger partial charge is 0.235 e. The van der Waals surface area contributed by atoms with E-state index in [1.807, 2.05) is 0 Å². The molecule has 0 bridgehead atoms. The van der Waals surface area contributed by atoms with Crippen LogP contribution < -0.4 is 4.90 Å². The third-order valence-electron chi connectivity index (χ3n) is 12.7. The molecule has 9 aromatic rings. The van der Waals surface area contributed by atoms with Gasteiger partial charge in [-0.2, -0.15) is 0 Å². The SMILES string of the molecule is CC1(C)c2ccccc2-c2c1ccc1c3cc(-c4ccccc4)ccc3n(-c3nc(-c4ccc5c(c4)C4C=CC=CC4N5c4ccccc4)c4ccccc4n3)c21. The van der Waals surface area contributed by atoms with Gasteiger partial charge in [0.2, 0.25) is 5.95 Å². The van der Waals surface area contributed by atoms with Gasteiger partial charge < -0.3 is 4.90 Å². The molecule has 0 fully saturated rings. The van der Waals surface area contributed by atoms with Gasteiger partial charge in [0, 0.05) is 50.0 Å². The summed E-state index contributed by atoms with van der Waals surface area (Å²) < 4.78 is 2.35. The van der Waals surface area contributed by atoms with Crippen molar-refractivity contribution in [3.05, 3.63) is 199 Å². The van der Waals surface area contributed by atoms with Gasteiger partial charge in [-0.1, -0.05) is 153 Å². The highest BCUT2D eigenvalue weighted by Gasteiger charge is 2.39. The molecule has 3 heterocycles. The summed E-state index contributed by atoms with van der Waals surface area (Å²) in [5.41, 5.74) is 16.4. The lowest BCUT2D eigenvalue weighted by atomic mass is 9.82. The van der Waals surface area contributed by atoms with E-state index in [4.69, 9.17) is 9.97 Å². The van der Waals surface area contributed by atoms with Crippen molar-refractivity contribution in [1.29, 1.82) is 0 Å². The molecule has 7 aromatic carbocycles. The van der Waals surface area contributed by atoms with Crippen molar-refractivity contribution in [3.8, 4) is 39.5 Å². The lowest BCUT2D eigenvalue weighted by molar-refractivity contribution is 0.661. The molecule has 4 nitrogen and oxygen atoms in total. The second-order valence-electron chi connectivity index (χ2n) is 16.1. The molecule has 270 valence electrons. The predicted molar refractivity (Wildman–Crippen MR) is 236 cm³/mol. The first kappa shape index (κ1) is 32.2. The van der Waals surface area contributed by atoms with Crippen molar-refractivity contribution in [1.82, 2.24) is 14.5 Å². The molecule has 2 unspecified atom stereocenters. The second kappa shape index (κ2) is 12.0. The molecule has 0 N–H and O–H groups in total. The van der Waals surface area contributed by atoms with Crippen LogP contribution in [-0.4, -0.2) is 20.6 Å². The zero-order valence-corrected chi connectivity index (χ0v) is 31.8. The molecule has 2 aromatic heterocycles. The van der Waals surface area contributed by atoms with E-state index >= 15 is 0 Å². The fraction of sp³-hybridized carbons (Fsp3) is 0.0943. The van der Waals surface area contributed by atoms with Gasteiger partial charge in [-0.15, -0.1) is 0 Å². The first-order valence-corrected chi connectivity index (χ1v) is 19.9. The number of fused-ring (bicyclic) bond motifs is 11. The summed E-state index contributed by atoms with van der Waals surface area (Å²) in [5.74, 6) is 0.913. The summed E-state index contributed by atoms with van der Waals surface area (Å²) in [6.45, 7) is 4.70. The highest BCUT2D eigenvalue weighted by atomic mass is 15.2. The molecule has 0 saturated carbocycles. The Morgan fingerprint density at radius 3 is 2.19 bits per heavy atom. The molecule has 57 heavy (non-hydrogen) atoms. The van der Waals surface area contributed by atoms with E-state index in [0.717, 1.165) is 33.2 Å². The summed E-state index contributed by atoms with van der Waals surface area (Å²) in [5, 5.41) is 3.43. The van der Waals surface area contributed by atoms with Gasteiger partial charge >= 0.3 is 0 Å². The van der Waals surface area contributed by atoms with Gasteiger partial charge in [-0.05, 0) is 75.8 Å². The molecular weight excluding hydrogens is 693 g/mol. The van der Waals surface area contributed by atoms with Crippen molar-refractivity contribution in [3.63, 3.8) is 0 Å². The van der Waals surface area contributed by atoms with E-state index in [-0.39, 0.29) is 17.4 Å². The van der Waals surface area contributed by atoms with Crippen molar-refractivity contribution in [2.75, 3.05) is 4.90 Å². The molecule has 4 heteroatoms. The minimum Gasteiger partial charge on any atom is -0.333 e. The number of anilines is 2. The average Bonchev–Trinajstić information content (AvgIpc) is 3.86. The van der Waals surface area contributed by atoms with Crippen molar-refractivity contribution in [2.24, 2.45) is 0 Å². The molecule has 2 aliphatic carbocycles. The Morgan fingerprint density at radius 2 is 1.32 bits per heavy atom. The first-order chi connectivity index (χ1) is 28.0. The van der Waals surface area contributed by atoms with Gasteiger partial charge in [-0.3, -0.25) is 4.57 Å². The third kappa shape index (κ3) is 4.61. The number of rotatable bonds is 4. The maximum absolute atomic E-state index is 5.63. The van der Waals surface area contributed by atoms with Gasteiger partial charge in [0.05, 0.1) is 28.3 Å². The number of hydrogen-bond donors (Lipinski definition) is 0. The first-order valence-electron chi connectivity index (χ1n) is 19.9. The van der Waals surface area contributed by atoms with E-state index in [1.165, 1.54) is 61.1 Å². The van der Waals surface area contributed by atoms with Crippen LogP contribution in [0.2, 0.25) is 0 Å². The maximum Gasteiger partial charge on any atom is 0.235 e. The highest BCUT2D eigenvalue weighted by Crippen LogP contribution is 2.53. The summed E-state index contributed by atoms with van der Waals surface area (Å²) in [6, 6.07) is 57.5. The van der Waals surface area contributed by atoms with Crippen LogP contribution in [0, 0.1) is 0 Å². The number of hydrogen-bond acceptors (Lipinski definition) is 3. The van der Waals surface area contributed by atoms with Crippen LogP contribution >= 0.6 is 0 Å². The molecule has 12 rings (SSSR count). The average molecular weight is 731 g/mol. The van der Waals surface area contributed by atoms with Crippen molar-refractivity contribution in [2.45, 2.75) is 31.2 Å². The Morgan fingerprint density at radius 1 is 0.561 bits per heavy atom. The minimum absolute atomic E-state index is 0.148. The predicted octanol–water partition coefficient (Wildman–Crippen LogP) is 13.1. The molecule has 0 amide bonds. The number of para-hydroxylation sites is 2. The molecule has 0 radical (unpaired) electrons. The van der Waals surface area contributed by atoms with Crippen molar-refractivity contribution >= 4 is 44.1 Å². The van der Waals surface area contributed by atoms with Crippen LogP contribution in [0.25, 0.3) is 72.2 Å². The van der Waals surface area contributed by atoms with Crippen molar-refractivity contribution < 1.29 is 0 Å². The van der Waals surface area contributed by atoms with E-state index < -0.39 is 0 Å². The van der Waals surface area contributed by atoms with E-state index in [1.54, 1.807) is 0 Å². The minimum atomic E-state index is -0.148. The van der Waals surface area contributed by atoms with Crippen LogP contribution in [0.1, 0.15) is 36.5 Å². The fourth-order valence-electron chi connectivity index (χ4n) is 10.1. The van der Waals surface area contributed by atoms with Gasteiger partial charge in [0.25, 0.3) is 0 Å². The number of allylic oxidation sites excluding steroid dienone is 2. The van der Waals surface area contributed by atoms with Crippen LogP contribution in [0.15, 0.2) is 182 Å². The normalized spacial score (nSPS) is 17.3. The van der Waals surface area contributed by atoms with Gasteiger partial charge in [0.1, 0.15) is 0 Å². The zero-order valence-electron chi connectivity index (χ0n) is 31.8. The van der Waals surface area contributed by atoms with Crippen LogP contribution in [-0.2, 0) is 5.41 Å². The summed E-state index contributed by atoms with van der Waals surface area (Å²) in [4.78, 5) is 13.5. The second-order valence-corrected chi connectivity index (χ2v) is 16.1. The Labute approximate surface area is 331 Å². The Bertz CT molecular complexity index is 3170. The van der Waals surface area contributed by atoms with Crippen LogP contribution in [0.5, 0.6) is 0 Å². The fourth-order valence-corrected chi connectivity index (χ4v) is 10.1. The lowest BCUT2D eigenvalue weighted by Crippen LogP contribution is -2.28. The summed E-state index contributed by atoms with van der Waals surface area (Å²) in [6.07, 6.45) is 9.05. The Balaban J connectivity index is 1.13. The molecule has 2 atom stereocenters. The molecule has 1 aliphatic heterocycles. The van der Waals surface area contributed by atoms with E-state index in [2.05, 4.69) is 205 Å². The topological polar surface area (TPSA) is 34.0 Å². The maximum atomic E-state index is 5.63. The largest absolute Gasteiger partial charge is 0.333 e. The third-order valence-corrected chi connectivity index (χ3v) is 12.7. The summed E-state index contributed by atoms with van der Waals surface area (Å²) in [7, 11) is 0. The lowest BCUT2D eigenvalue weighted by Gasteiger charge is -2.28. The van der Waals surface area contributed by atoms with Gasteiger partial charge in [0.15, 0.2) is 0 Å². The van der Waals surface area contributed by atoms with E-state index in [9.17, 15) is 0 Å². The number of aromatic nitrogens is 3. The number of nitrogens with zero attached hydrogens (tertiary/aromatic N) is 4. The van der Waals surface area contributed by atoms with E-state index in [0.29, 0.717) is 5.95 Å². The molecular formula is C53H38N4.